The van der Waals surface area contributed by atoms with E-state index in [1.54, 1.807) is 0 Å². The summed E-state index contributed by atoms with van der Waals surface area (Å²) in [5, 5.41) is 9.73. The summed E-state index contributed by atoms with van der Waals surface area (Å²) < 4.78 is 6.55. The van der Waals surface area contributed by atoms with Gasteiger partial charge < -0.3 is 9.53 Å². The second kappa shape index (κ2) is 3.94. The van der Waals surface area contributed by atoms with Gasteiger partial charge in [-0.05, 0) is 37.0 Å². The van der Waals surface area contributed by atoms with Gasteiger partial charge in [-0.3, -0.25) is 0 Å². The van der Waals surface area contributed by atoms with E-state index in [0.717, 1.165) is 12.0 Å². The monoisotopic (exact) mass is 256 g/mol. The van der Waals surface area contributed by atoms with Gasteiger partial charge in [-0.2, -0.15) is 0 Å². The first kappa shape index (κ1) is 14.9. The fraction of sp³-hybridized carbons (Fsp3) is 0.857. The minimum atomic E-state index is -1.82. The van der Waals surface area contributed by atoms with Crippen LogP contribution in [0.3, 0.4) is 0 Å². The van der Waals surface area contributed by atoms with Gasteiger partial charge in [-0.25, -0.2) is 0 Å². The number of aliphatic hydroxyl groups is 1. The maximum absolute atomic E-state index is 9.54. The van der Waals surface area contributed by atoms with Crippen LogP contribution in [0.5, 0.6) is 0 Å². The zero-order valence-electron chi connectivity index (χ0n) is 12.5. The van der Waals surface area contributed by atoms with E-state index >= 15 is 0 Å². The second-order valence-corrected chi connectivity index (χ2v) is 12.1. The molecule has 3 heteroatoms. The van der Waals surface area contributed by atoms with Gasteiger partial charge in [-0.15, -0.1) is 0 Å². The van der Waals surface area contributed by atoms with Crippen molar-refractivity contribution >= 4 is 8.32 Å². The van der Waals surface area contributed by atoms with E-state index in [1.165, 1.54) is 0 Å². The van der Waals surface area contributed by atoms with E-state index in [-0.39, 0.29) is 22.7 Å². The van der Waals surface area contributed by atoms with Crippen LogP contribution in [0.4, 0.5) is 0 Å². The molecule has 0 bridgehead atoms. The average molecular weight is 256 g/mol. The van der Waals surface area contributed by atoms with E-state index < -0.39 is 8.32 Å². The van der Waals surface area contributed by atoms with E-state index in [0.29, 0.717) is 0 Å². The lowest BCUT2D eigenvalue weighted by molar-refractivity contribution is 0.109. The van der Waals surface area contributed by atoms with Crippen LogP contribution in [0.2, 0.25) is 18.1 Å². The van der Waals surface area contributed by atoms with Crippen molar-refractivity contribution in [3.8, 4) is 0 Å². The van der Waals surface area contributed by atoms with Gasteiger partial charge in [0.2, 0.25) is 0 Å². The largest absolute Gasteiger partial charge is 0.407 e. The van der Waals surface area contributed by atoms with Crippen LogP contribution < -0.4 is 0 Å². The first-order valence-electron chi connectivity index (χ1n) is 6.39. The first-order valence-corrected chi connectivity index (χ1v) is 9.30. The molecule has 1 aliphatic rings. The number of aliphatic hydroxyl groups excluding tert-OH is 1. The summed E-state index contributed by atoms with van der Waals surface area (Å²) in [5.74, 6) is 0. The highest BCUT2D eigenvalue weighted by atomic mass is 28.4. The normalized spacial score (nSPS) is 33.6. The Kier molecular flexibility index (Phi) is 3.46. The Morgan fingerprint density at radius 2 is 1.88 bits per heavy atom. The SMILES string of the molecule is C=C(C)[C@]1(O[Si](C)(C)C(C)(C)C)C[C@]1(C)CO. The van der Waals surface area contributed by atoms with Crippen molar-refractivity contribution in [1.29, 1.82) is 0 Å². The lowest BCUT2D eigenvalue weighted by Gasteiger charge is -2.41. The van der Waals surface area contributed by atoms with Crippen LogP contribution in [0.25, 0.3) is 0 Å². The number of hydrogen-bond donors (Lipinski definition) is 1. The van der Waals surface area contributed by atoms with Crippen molar-refractivity contribution in [2.24, 2.45) is 5.41 Å². The molecule has 0 aromatic heterocycles. The molecule has 100 valence electrons. The van der Waals surface area contributed by atoms with Crippen LogP contribution in [-0.2, 0) is 4.43 Å². The molecular weight excluding hydrogens is 228 g/mol. The Labute approximate surface area is 107 Å². The number of rotatable bonds is 4. The zero-order valence-corrected chi connectivity index (χ0v) is 13.5. The second-order valence-electron chi connectivity index (χ2n) is 7.37. The lowest BCUT2D eigenvalue weighted by Crippen LogP contribution is -2.47. The summed E-state index contributed by atoms with van der Waals surface area (Å²) in [7, 11) is -1.82. The van der Waals surface area contributed by atoms with E-state index in [1.807, 2.05) is 6.92 Å². The molecular formula is C14H28O2Si. The molecule has 2 atom stereocenters. The van der Waals surface area contributed by atoms with E-state index in [2.05, 4.69) is 47.4 Å². The molecule has 1 aliphatic carbocycles. The van der Waals surface area contributed by atoms with Crippen LogP contribution in [0, 0.1) is 5.41 Å². The highest BCUT2D eigenvalue weighted by Crippen LogP contribution is 2.64. The molecule has 2 nitrogen and oxygen atoms in total. The molecule has 0 aliphatic heterocycles. The summed E-state index contributed by atoms with van der Waals surface area (Å²) in [6, 6.07) is 0. The van der Waals surface area contributed by atoms with Crippen molar-refractivity contribution in [3.63, 3.8) is 0 Å². The van der Waals surface area contributed by atoms with Crippen LogP contribution >= 0.6 is 0 Å². The van der Waals surface area contributed by atoms with Crippen molar-refractivity contribution in [1.82, 2.24) is 0 Å². The third-order valence-corrected chi connectivity index (χ3v) is 9.23. The molecule has 0 amide bonds. The summed E-state index contributed by atoms with van der Waals surface area (Å²) in [4.78, 5) is 0. The Bertz CT molecular complexity index is 330. The molecule has 1 N–H and O–H groups in total. The maximum Gasteiger partial charge on any atom is 0.193 e. The molecule has 0 radical (unpaired) electrons. The Morgan fingerprint density at radius 3 is 2.12 bits per heavy atom. The van der Waals surface area contributed by atoms with Gasteiger partial charge in [-0.1, -0.05) is 34.3 Å². The summed E-state index contributed by atoms with van der Waals surface area (Å²) in [5.41, 5.74) is 0.637. The Morgan fingerprint density at radius 1 is 1.41 bits per heavy atom. The van der Waals surface area contributed by atoms with Crippen LogP contribution in [0.1, 0.15) is 41.0 Å². The maximum atomic E-state index is 9.54. The Hall–Kier alpha value is -0.123. The highest BCUT2D eigenvalue weighted by Gasteiger charge is 2.67. The van der Waals surface area contributed by atoms with E-state index in [4.69, 9.17) is 4.43 Å². The predicted octanol–water partition coefficient (Wildman–Crippen LogP) is 3.73. The van der Waals surface area contributed by atoms with Crippen molar-refractivity contribution in [2.75, 3.05) is 6.61 Å². The summed E-state index contributed by atoms with van der Waals surface area (Å²) >= 11 is 0. The standard InChI is InChI=1S/C14H28O2Si/c1-11(2)14(9-13(14,6)10-15)16-17(7,8)12(3,4)5/h15H,1,9-10H2,2-8H3/t13-,14-/m1/s1. The van der Waals surface area contributed by atoms with Crippen LogP contribution in [-0.4, -0.2) is 25.6 Å². The van der Waals surface area contributed by atoms with Crippen molar-refractivity contribution in [2.45, 2.75) is 64.8 Å². The van der Waals surface area contributed by atoms with Crippen molar-refractivity contribution in [3.05, 3.63) is 12.2 Å². The molecule has 0 unspecified atom stereocenters. The molecule has 0 saturated heterocycles. The molecule has 0 aromatic rings. The zero-order chi connectivity index (χ0) is 13.7. The fourth-order valence-corrected chi connectivity index (χ4v) is 3.86. The van der Waals surface area contributed by atoms with Gasteiger partial charge in [0, 0.05) is 5.41 Å². The molecule has 1 saturated carbocycles. The average Bonchev–Trinajstić information content (AvgIpc) is 2.71. The molecule has 1 rings (SSSR count). The molecule has 1 fully saturated rings. The van der Waals surface area contributed by atoms with E-state index in [9.17, 15) is 5.11 Å². The van der Waals surface area contributed by atoms with Gasteiger partial charge in [0.05, 0.1) is 12.2 Å². The van der Waals surface area contributed by atoms with Crippen LogP contribution in [0.15, 0.2) is 12.2 Å². The third kappa shape index (κ3) is 2.25. The topological polar surface area (TPSA) is 29.5 Å². The molecule has 0 spiro atoms. The predicted molar refractivity (Wildman–Crippen MR) is 75.6 cm³/mol. The molecule has 0 heterocycles. The highest BCUT2D eigenvalue weighted by molar-refractivity contribution is 6.74. The van der Waals surface area contributed by atoms with Gasteiger partial charge in [0.25, 0.3) is 0 Å². The van der Waals surface area contributed by atoms with Gasteiger partial charge in [0.15, 0.2) is 8.32 Å². The minimum Gasteiger partial charge on any atom is -0.407 e. The number of hydrogen-bond acceptors (Lipinski definition) is 2. The smallest absolute Gasteiger partial charge is 0.193 e. The fourth-order valence-electron chi connectivity index (χ4n) is 2.19. The first-order chi connectivity index (χ1) is 7.42. The summed E-state index contributed by atoms with van der Waals surface area (Å²) in [6.07, 6.45) is 0.901. The van der Waals surface area contributed by atoms with Crippen molar-refractivity contribution < 1.29 is 9.53 Å². The third-order valence-electron chi connectivity index (χ3n) is 4.76. The minimum absolute atomic E-state index is 0.131. The van der Waals surface area contributed by atoms with Gasteiger partial charge in [0.1, 0.15) is 0 Å². The Balaban J connectivity index is 2.97. The lowest BCUT2D eigenvalue weighted by atomic mass is 10.0. The molecule has 17 heavy (non-hydrogen) atoms. The summed E-state index contributed by atoms with van der Waals surface area (Å²) in [6.45, 7) is 19.6. The quantitative estimate of drug-likeness (QED) is 0.613. The van der Waals surface area contributed by atoms with Gasteiger partial charge >= 0.3 is 0 Å². The molecule has 0 aromatic carbocycles.